The third-order valence-electron chi connectivity index (χ3n) is 7.06. The van der Waals surface area contributed by atoms with E-state index in [2.05, 4.69) is 21.2 Å². The Labute approximate surface area is 241 Å². The quantitative estimate of drug-likeness (QED) is 0.201. The maximum Gasteiger partial charge on any atom is 0.320 e. The largest absolute Gasteiger partial charge is 0.480 e. The fourth-order valence-corrected chi connectivity index (χ4v) is 6.50. The first-order valence-corrected chi connectivity index (χ1v) is 15.3. The molecule has 3 heterocycles. The van der Waals surface area contributed by atoms with Crippen LogP contribution in [0.2, 0.25) is 0 Å². The lowest BCUT2D eigenvalue weighted by molar-refractivity contribution is -0.138. The molecular weight excluding hydrogens is 544 g/mol. The normalized spacial score (nSPS) is 22.1. The molecule has 5 rings (SSSR count). The molecule has 41 heavy (non-hydrogen) atoms. The van der Waals surface area contributed by atoms with Gasteiger partial charge in [0.1, 0.15) is 47.7 Å². The summed E-state index contributed by atoms with van der Waals surface area (Å²) in [7, 11) is -0.188. The van der Waals surface area contributed by atoms with Gasteiger partial charge in [-0.3, -0.25) is 9.36 Å². The summed E-state index contributed by atoms with van der Waals surface area (Å²) in [5.41, 5.74) is 14.9. The summed E-state index contributed by atoms with van der Waals surface area (Å²) in [6, 6.07) is 19.0. The van der Waals surface area contributed by atoms with Crippen LogP contribution in [0.25, 0.3) is 11.2 Å². The molecule has 1 unspecified atom stereocenters. The van der Waals surface area contributed by atoms with E-state index < -0.39 is 30.4 Å². The highest BCUT2D eigenvalue weighted by Gasteiger charge is 2.50. The van der Waals surface area contributed by atoms with Gasteiger partial charge >= 0.3 is 5.97 Å². The van der Waals surface area contributed by atoms with E-state index in [-0.39, 0.29) is 22.8 Å². The molecule has 216 valence electrons. The molecule has 2 aromatic carbocycles. The summed E-state index contributed by atoms with van der Waals surface area (Å²) in [4.78, 5) is 24.2. The average Bonchev–Trinajstić information content (AvgIpc) is 3.56. The van der Waals surface area contributed by atoms with Crippen LogP contribution in [0.15, 0.2) is 73.3 Å². The number of carbonyl (C=O) groups is 1. The molecule has 0 aliphatic carbocycles. The molecule has 0 spiro atoms. The zero-order valence-electron chi connectivity index (χ0n) is 22.8. The molecule has 4 aromatic rings. The van der Waals surface area contributed by atoms with E-state index in [0.717, 1.165) is 11.1 Å². The number of imidazole rings is 1. The van der Waals surface area contributed by atoms with E-state index in [0.29, 0.717) is 42.3 Å². The van der Waals surface area contributed by atoms with E-state index in [4.69, 9.17) is 25.7 Å². The van der Waals surface area contributed by atoms with Crippen molar-refractivity contribution >= 4 is 33.8 Å². The number of nitrogens with zero attached hydrogens (tertiary/aromatic N) is 4. The van der Waals surface area contributed by atoms with Gasteiger partial charge in [0, 0.05) is 6.42 Å². The molecule has 1 fully saturated rings. The molecule has 0 amide bonds. The van der Waals surface area contributed by atoms with Crippen LogP contribution in [0.4, 0.5) is 5.82 Å². The highest BCUT2D eigenvalue weighted by atomic mass is 32.2. The number of aliphatic carboxylic acids is 1. The zero-order valence-corrected chi connectivity index (χ0v) is 23.6. The van der Waals surface area contributed by atoms with Crippen molar-refractivity contribution < 1.29 is 24.1 Å². The van der Waals surface area contributed by atoms with Crippen molar-refractivity contribution in [3.05, 3.63) is 84.4 Å². The maximum atomic E-state index is 11.3. The van der Waals surface area contributed by atoms with Crippen LogP contribution in [0.5, 0.6) is 0 Å². The zero-order chi connectivity index (χ0) is 28.8. The van der Waals surface area contributed by atoms with Crippen LogP contribution in [0.3, 0.4) is 0 Å². The number of hydrogen-bond donors (Lipinski definition) is 3. The second-order valence-electron chi connectivity index (χ2n) is 10.1. The number of ether oxygens (including phenoxy) is 3. The summed E-state index contributed by atoms with van der Waals surface area (Å²) in [5, 5.41) is 9.22. The maximum absolute atomic E-state index is 11.3. The Morgan fingerprint density at radius 2 is 1.66 bits per heavy atom. The summed E-state index contributed by atoms with van der Waals surface area (Å²) in [6.45, 7) is 0.739. The Kier molecular flexibility index (Phi) is 9.47. The van der Waals surface area contributed by atoms with Gasteiger partial charge in [0.15, 0.2) is 17.7 Å². The molecule has 0 saturated carbocycles. The first-order chi connectivity index (χ1) is 19.9. The van der Waals surface area contributed by atoms with Gasteiger partial charge in [-0.05, 0) is 22.0 Å². The minimum absolute atomic E-state index is 0.188. The lowest BCUT2D eigenvalue weighted by Gasteiger charge is -2.25. The van der Waals surface area contributed by atoms with Crippen LogP contribution < -0.4 is 11.5 Å². The van der Waals surface area contributed by atoms with Gasteiger partial charge in [0.2, 0.25) is 0 Å². The number of nitrogen functional groups attached to an aromatic ring is 1. The van der Waals surface area contributed by atoms with Gasteiger partial charge in [0.25, 0.3) is 0 Å². The van der Waals surface area contributed by atoms with E-state index in [1.165, 1.54) is 6.33 Å². The molecule has 1 aliphatic rings. The number of hydrogen-bond acceptors (Lipinski definition) is 9. The van der Waals surface area contributed by atoms with E-state index in [9.17, 15) is 9.90 Å². The smallest absolute Gasteiger partial charge is 0.320 e. The van der Waals surface area contributed by atoms with Crippen molar-refractivity contribution in [2.75, 3.05) is 23.5 Å². The highest BCUT2D eigenvalue weighted by Crippen LogP contribution is 2.37. The predicted octanol–water partition coefficient (Wildman–Crippen LogP) is 2.53. The van der Waals surface area contributed by atoms with Gasteiger partial charge in [-0.15, -0.1) is 0 Å². The monoisotopic (exact) mass is 579 g/mol. The number of benzene rings is 2. The van der Waals surface area contributed by atoms with Gasteiger partial charge in [-0.2, -0.15) is 0 Å². The highest BCUT2D eigenvalue weighted by molar-refractivity contribution is 7.96. The summed E-state index contributed by atoms with van der Waals surface area (Å²) in [6.07, 6.45) is 3.67. The summed E-state index contributed by atoms with van der Waals surface area (Å²) < 4.78 is 21.7. The van der Waals surface area contributed by atoms with Crippen molar-refractivity contribution in [1.29, 1.82) is 0 Å². The summed E-state index contributed by atoms with van der Waals surface area (Å²) >= 11 is 0. The van der Waals surface area contributed by atoms with Gasteiger partial charge in [-0.25, -0.2) is 15.0 Å². The molecule has 1 saturated heterocycles. The minimum atomic E-state index is -0.995. The SMILES string of the molecule is C[S+](CC[C@H](N)C(=O)O)C[C@H]1O[C@@H](n2cnc3c(N)ncnc32)[C@H](OCc2ccccc2)[C@@H]1OCc1ccccc1. The molecule has 2 aromatic heterocycles. The third-order valence-corrected chi connectivity index (χ3v) is 8.89. The second kappa shape index (κ2) is 13.4. The molecule has 12 heteroatoms. The number of fused-ring (bicyclic) bond motifs is 1. The van der Waals surface area contributed by atoms with Crippen molar-refractivity contribution in [1.82, 2.24) is 19.5 Å². The van der Waals surface area contributed by atoms with Crippen LogP contribution in [-0.4, -0.2) is 72.7 Å². The van der Waals surface area contributed by atoms with Crippen molar-refractivity contribution in [3.63, 3.8) is 0 Å². The minimum Gasteiger partial charge on any atom is -0.480 e. The number of aromatic nitrogens is 4. The van der Waals surface area contributed by atoms with E-state index >= 15 is 0 Å². The molecular formula is C29H35N6O5S+. The van der Waals surface area contributed by atoms with Gasteiger partial charge < -0.3 is 30.8 Å². The summed E-state index contributed by atoms with van der Waals surface area (Å²) in [5.74, 6) is 0.603. The third kappa shape index (κ3) is 7.03. The first kappa shape index (κ1) is 29.0. The van der Waals surface area contributed by atoms with Gasteiger partial charge in [-0.1, -0.05) is 60.7 Å². The Morgan fingerprint density at radius 3 is 2.29 bits per heavy atom. The lowest BCUT2D eigenvalue weighted by Crippen LogP contribution is -2.40. The fourth-order valence-electron chi connectivity index (χ4n) is 4.85. The molecule has 11 nitrogen and oxygen atoms in total. The molecule has 0 radical (unpaired) electrons. The van der Waals surface area contributed by atoms with Crippen molar-refractivity contribution in [2.45, 2.75) is 50.2 Å². The number of carboxylic acid groups (broad SMARTS) is 1. The molecule has 1 aliphatic heterocycles. The van der Waals surface area contributed by atoms with Crippen molar-refractivity contribution in [2.24, 2.45) is 5.73 Å². The van der Waals surface area contributed by atoms with Crippen LogP contribution in [0, 0.1) is 0 Å². The second-order valence-corrected chi connectivity index (χ2v) is 12.4. The molecule has 0 bridgehead atoms. The molecule has 6 atom stereocenters. The number of anilines is 1. The predicted molar refractivity (Wildman–Crippen MR) is 157 cm³/mol. The van der Waals surface area contributed by atoms with Crippen LogP contribution >= 0.6 is 0 Å². The number of carboxylic acids is 1. The number of nitrogens with two attached hydrogens (primary N) is 2. The average molecular weight is 580 g/mol. The Balaban J connectivity index is 1.44. The Bertz CT molecular complexity index is 1430. The van der Waals surface area contributed by atoms with Crippen molar-refractivity contribution in [3.8, 4) is 0 Å². The Morgan fingerprint density at radius 1 is 1.02 bits per heavy atom. The van der Waals surface area contributed by atoms with Crippen LogP contribution in [-0.2, 0) is 43.1 Å². The van der Waals surface area contributed by atoms with Gasteiger partial charge in [0.05, 0.1) is 25.8 Å². The first-order valence-electron chi connectivity index (χ1n) is 13.4. The Hall–Kier alpha value is -3.55. The molecule has 5 N–H and O–H groups in total. The van der Waals surface area contributed by atoms with E-state index in [1.54, 1.807) is 6.33 Å². The standard InChI is InChI=1S/C29H34N6O5S/c1-41(13-12-21(30)29(36)37)16-22-24(38-14-19-8-4-2-5-9-19)25(39-15-20-10-6-3-7-11-20)28(40-22)35-18-34-23-26(31)32-17-33-27(23)35/h2-11,17-18,21-22,24-25,28H,12-16,30H2,1H3,(H2-,31,32,33,36,37)/p+1/t21-,22+,24+,25+,28+,41?/m0/s1. The lowest BCUT2D eigenvalue weighted by atomic mass is 10.1. The van der Waals surface area contributed by atoms with Crippen LogP contribution in [0.1, 0.15) is 23.8 Å². The number of rotatable bonds is 13. The topological polar surface area (TPSA) is 161 Å². The fraction of sp³-hybridized carbons (Fsp3) is 0.379. The van der Waals surface area contributed by atoms with E-state index in [1.807, 2.05) is 65.2 Å².